The molecule has 1 saturated heterocycles. The lowest BCUT2D eigenvalue weighted by Gasteiger charge is -2.13. The quantitative estimate of drug-likeness (QED) is 0.389. The molecule has 186 valence electrons. The van der Waals surface area contributed by atoms with E-state index in [0.29, 0.717) is 11.6 Å². The van der Waals surface area contributed by atoms with E-state index in [1.807, 2.05) is 55.6 Å². The number of hydrogen-bond acceptors (Lipinski definition) is 5. The van der Waals surface area contributed by atoms with Crippen LogP contribution in [0, 0.1) is 0 Å². The molecule has 0 aliphatic carbocycles. The second-order valence-corrected chi connectivity index (χ2v) is 9.23. The van der Waals surface area contributed by atoms with Crippen molar-refractivity contribution in [2.45, 2.75) is 25.3 Å². The van der Waals surface area contributed by atoms with Crippen molar-refractivity contribution in [3.05, 3.63) is 78.2 Å². The first-order valence-corrected chi connectivity index (χ1v) is 12.0. The predicted octanol–water partition coefficient (Wildman–Crippen LogP) is 4.90. The number of anilines is 2. The minimum Gasteiger partial charge on any atom is -0.340 e. The number of halogens is 2. The highest BCUT2D eigenvalue weighted by Gasteiger charge is 2.44. The van der Waals surface area contributed by atoms with Gasteiger partial charge in [0, 0.05) is 40.3 Å². The second kappa shape index (κ2) is 9.20. The van der Waals surface area contributed by atoms with Crippen molar-refractivity contribution >= 4 is 23.8 Å². The number of aromatic amines is 1. The summed E-state index contributed by atoms with van der Waals surface area (Å²) in [6.45, 7) is 1.45. The molecule has 6 rings (SSSR count). The summed E-state index contributed by atoms with van der Waals surface area (Å²) in [6, 6.07) is 14.8. The summed E-state index contributed by atoms with van der Waals surface area (Å²) in [6.07, 6.45) is 3.77. The summed E-state index contributed by atoms with van der Waals surface area (Å²) >= 11 is 0. The smallest absolute Gasteiger partial charge is 0.340 e. The molecular weight excluding hydrogens is 476 g/mol. The number of H-pyrrole nitrogens is 1. The fourth-order valence-corrected chi connectivity index (χ4v) is 4.74. The Hall–Kier alpha value is -4.47. The molecular formula is C27H24F2N7O+. The van der Waals surface area contributed by atoms with E-state index < -0.39 is 18.4 Å². The number of hydrogen-bond donors (Lipinski definition) is 2. The lowest BCUT2D eigenvalue weighted by atomic mass is 10.0. The number of urea groups is 1. The van der Waals surface area contributed by atoms with Gasteiger partial charge in [-0.15, -0.1) is 0 Å². The molecule has 0 radical (unpaired) electrons. The zero-order chi connectivity index (χ0) is 25.5. The number of alkyl halides is 2. The van der Waals surface area contributed by atoms with Crippen LogP contribution < -0.4 is 5.32 Å². The Kier molecular flexibility index (Phi) is 5.71. The molecule has 8 nitrogen and oxygen atoms in total. The first-order valence-electron chi connectivity index (χ1n) is 12.0. The van der Waals surface area contributed by atoms with Gasteiger partial charge in [-0.1, -0.05) is 24.3 Å². The average Bonchev–Trinajstić information content (AvgIpc) is 3.64. The average molecular weight is 501 g/mol. The molecule has 0 saturated carbocycles. The molecule has 10 heteroatoms. The van der Waals surface area contributed by atoms with Crippen molar-refractivity contribution in [2.75, 3.05) is 18.4 Å². The van der Waals surface area contributed by atoms with Crippen LogP contribution in [0.3, 0.4) is 0 Å². The molecule has 4 aromatic rings. The van der Waals surface area contributed by atoms with E-state index >= 15 is 0 Å². The van der Waals surface area contributed by atoms with Crippen molar-refractivity contribution in [2.24, 2.45) is 0 Å². The monoisotopic (exact) mass is 500 g/mol. The third-order valence-corrected chi connectivity index (χ3v) is 6.81. The summed E-state index contributed by atoms with van der Waals surface area (Å²) in [5, 5.41) is 10.1. The first kappa shape index (κ1) is 23.0. The minimum absolute atomic E-state index is 0.224. The Morgan fingerprint density at radius 3 is 2.54 bits per heavy atom. The third-order valence-electron chi connectivity index (χ3n) is 6.81. The van der Waals surface area contributed by atoms with Gasteiger partial charge in [0.1, 0.15) is 31.2 Å². The van der Waals surface area contributed by atoms with Gasteiger partial charge in [0.15, 0.2) is 18.2 Å². The van der Waals surface area contributed by atoms with Gasteiger partial charge >= 0.3 is 6.03 Å². The lowest BCUT2D eigenvalue weighted by Crippen LogP contribution is -2.37. The van der Waals surface area contributed by atoms with Crippen molar-refractivity contribution in [3.8, 4) is 22.5 Å². The van der Waals surface area contributed by atoms with Gasteiger partial charge in [-0.25, -0.2) is 23.6 Å². The number of aromatic nitrogens is 4. The van der Waals surface area contributed by atoms with E-state index in [9.17, 15) is 13.6 Å². The van der Waals surface area contributed by atoms with E-state index in [1.54, 1.807) is 24.7 Å². The van der Waals surface area contributed by atoms with Gasteiger partial charge in [0.05, 0.1) is 6.20 Å². The van der Waals surface area contributed by atoms with Crippen LogP contribution in [0.1, 0.15) is 24.1 Å². The topological polar surface area (TPSA) is 89.8 Å². The summed E-state index contributed by atoms with van der Waals surface area (Å²) in [7, 11) is 0. The molecule has 2 aliphatic heterocycles. The number of fused-ring (bicyclic) bond motifs is 1. The molecule has 2 amide bonds. The fourth-order valence-electron chi connectivity index (χ4n) is 4.74. The number of nitrogens with zero attached hydrogens (tertiary/aromatic N) is 5. The molecule has 3 atom stereocenters. The molecule has 37 heavy (non-hydrogen) atoms. The van der Waals surface area contributed by atoms with Gasteiger partial charge in [0.25, 0.3) is 0 Å². The van der Waals surface area contributed by atoms with E-state index in [-0.39, 0.29) is 19.1 Å². The summed E-state index contributed by atoms with van der Waals surface area (Å²) in [4.78, 5) is 23.3. The molecule has 2 aromatic carbocycles. The number of likely N-dealkylation sites (tertiary alicyclic amines) is 1. The SMILES string of the molecule is CC1c2cc(-c3nccc(Nc4ccc(-c5cn[nH]c5)cc4)n3)ccc2C=[N+]1C(=O)N1C[C@@H](F)[C@@H](F)C1. The maximum absolute atomic E-state index is 13.6. The zero-order valence-corrected chi connectivity index (χ0v) is 20.0. The van der Waals surface area contributed by atoms with Gasteiger partial charge in [-0.2, -0.15) is 14.5 Å². The van der Waals surface area contributed by atoms with Crippen LogP contribution in [0.25, 0.3) is 22.5 Å². The highest BCUT2D eigenvalue weighted by atomic mass is 19.2. The van der Waals surface area contributed by atoms with Crippen LogP contribution in [-0.2, 0) is 0 Å². The van der Waals surface area contributed by atoms with Crippen molar-refractivity contribution in [3.63, 3.8) is 0 Å². The van der Waals surface area contributed by atoms with Crippen molar-refractivity contribution < 1.29 is 18.2 Å². The maximum atomic E-state index is 13.6. The Labute approximate surface area is 211 Å². The molecule has 2 N–H and O–H groups in total. The van der Waals surface area contributed by atoms with Gasteiger partial charge in [-0.05, 0) is 36.8 Å². The summed E-state index contributed by atoms with van der Waals surface area (Å²) in [5.74, 6) is 1.19. The highest BCUT2D eigenvalue weighted by Crippen LogP contribution is 2.31. The van der Waals surface area contributed by atoms with Crippen LogP contribution in [0.2, 0.25) is 0 Å². The molecule has 2 aliphatic rings. The molecule has 1 unspecified atom stereocenters. The van der Waals surface area contributed by atoms with Crippen molar-refractivity contribution in [1.82, 2.24) is 25.1 Å². The number of amides is 2. The Morgan fingerprint density at radius 1 is 1.05 bits per heavy atom. The van der Waals surface area contributed by atoms with Crippen LogP contribution >= 0.6 is 0 Å². The summed E-state index contributed by atoms with van der Waals surface area (Å²) in [5.41, 5.74) is 5.56. The molecule has 0 bridgehead atoms. The van der Waals surface area contributed by atoms with Crippen LogP contribution in [0.5, 0.6) is 0 Å². The molecule has 2 aromatic heterocycles. The van der Waals surface area contributed by atoms with E-state index in [0.717, 1.165) is 33.5 Å². The Balaban J connectivity index is 1.19. The van der Waals surface area contributed by atoms with Gasteiger partial charge in [-0.3, -0.25) is 5.10 Å². The van der Waals surface area contributed by atoms with Crippen LogP contribution in [-0.4, -0.2) is 67.3 Å². The Morgan fingerprint density at radius 2 is 1.81 bits per heavy atom. The molecule has 1 fully saturated rings. The number of rotatable bonds is 4. The summed E-state index contributed by atoms with van der Waals surface area (Å²) < 4.78 is 28.8. The normalized spacial score (nSPS) is 20.6. The number of carbonyl (C=O) groups excluding carboxylic acids is 1. The fraction of sp³-hybridized carbons (Fsp3) is 0.222. The first-order chi connectivity index (χ1) is 18.0. The second-order valence-electron chi connectivity index (χ2n) is 9.23. The van der Waals surface area contributed by atoms with Crippen LogP contribution in [0.15, 0.2) is 67.1 Å². The predicted molar refractivity (Wildman–Crippen MR) is 135 cm³/mol. The van der Waals surface area contributed by atoms with Gasteiger partial charge in [0.2, 0.25) is 0 Å². The lowest BCUT2D eigenvalue weighted by molar-refractivity contribution is -0.471. The Bertz CT molecular complexity index is 1480. The molecule has 0 spiro atoms. The molecule has 4 heterocycles. The number of carbonyl (C=O) groups is 1. The van der Waals surface area contributed by atoms with E-state index in [1.165, 1.54) is 9.48 Å². The standard InChI is InChI=1S/C27H23F2N7O/c1-16-22-10-18(2-3-19(22)13-36(16)27(37)35-14-23(28)24(29)15-35)26-30-9-8-25(34-26)33-21-6-4-17(5-7-21)20-11-31-32-12-20/h2-13,16,23-24H,14-15H2,1H3,(H,30,34)/p+1/t16?,23-,24+. The largest absolute Gasteiger partial charge is 0.493 e. The van der Waals surface area contributed by atoms with E-state index in [2.05, 4.69) is 25.5 Å². The number of benzene rings is 2. The third kappa shape index (κ3) is 4.35. The minimum atomic E-state index is -1.64. The van der Waals surface area contributed by atoms with Crippen molar-refractivity contribution in [1.29, 1.82) is 0 Å². The maximum Gasteiger partial charge on any atom is 0.493 e. The number of nitrogens with one attached hydrogen (secondary N) is 2. The van der Waals surface area contributed by atoms with Crippen LogP contribution in [0.4, 0.5) is 25.1 Å². The highest BCUT2D eigenvalue weighted by molar-refractivity contribution is 5.87. The van der Waals surface area contributed by atoms with E-state index in [4.69, 9.17) is 0 Å². The van der Waals surface area contributed by atoms with Gasteiger partial charge < -0.3 is 5.32 Å². The zero-order valence-electron chi connectivity index (χ0n) is 20.0.